The van der Waals surface area contributed by atoms with Crippen LogP contribution in [0.2, 0.25) is 0 Å². The number of aromatic amines is 1. The first-order valence-corrected chi connectivity index (χ1v) is 10.7. The summed E-state index contributed by atoms with van der Waals surface area (Å²) < 4.78 is 17.0. The standard InChI is InChI=1S/C26H27N3O4.ClH/c1-16-9-17(2)11-21(10-16)29-26-28-15-23(33-26)19-12-20(14-22(13-19)32-8-7-31-4)24-18(3)5-6-27-25(24)30;/h5-6,9-15H,7-8H2,1-4H3,(H,27,30)(H,28,29);1H. The Bertz CT molecular complexity index is 1310. The summed E-state index contributed by atoms with van der Waals surface area (Å²) in [6, 6.07) is 14.0. The Hall–Kier alpha value is -3.55. The number of benzene rings is 2. The third-order valence-electron chi connectivity index (χ3n) is 5.18. The molecule has 7 nitrogen and oxygen atoms in total. The fourth-order valence-corrected chi connectivity index (χ4v) is 3.78. The molecule has 0 aliphatic carbocycles. The second-order valence-corrected chi connectivity index (χ2v) is 7.98. The van der Waals surface area contributed by atoms with Gasteiger partial charge >= 0.3 is 0 Å². The molecule has 0 amide bonds. The lowest BCUT2D eigenvalue weighted by molar-refractivity contribution is 0.146. The zero-order chi connectivity index (χ0) is 23.4. The number of halogens is 1. The molecule has 0 aliphatic rings. The van der Waals surface area contributed by atoms with E-state index in [1.807, 2.05) is 57.2 Å². The van der Waals surface area contributed by atoms with E-state index in [2.05, 4.69) is 21.4 Å². The largest absolute Gasteiger partial charge is 0.491 e. The number of anilines is 2. The Morgan fingerprint density at radius 2 is 1.74 bits per heavy atom. The highest BCUT2D eigenvalue weighted by Crippen LogP contribution is 2.33. The average Bonchev–Trinajstić information content (AvgIpc) is 3.21. The van der Waals surface area contributed by atoms with E-state index in [0.717, 1.165) is 33.5 Å². The summed E-state index contributed by atoms with van der Waals surface area (Å²) in [5, 5.41) is 3.22. The zero-order valence-electron chi connectivity index (χ0n) is 19.6. The third-order valence-corrected chi connectivity index (χ3v) is 5.18. The molecule has 2 aromatic carbocycles. The van der Waals surface area contributed by atoms with E-state index in [1.165, 1.54) is 0 Å². The number of H-pyrrole nitrogens is 1. The molecule has 4 rings (SSSR count). The van der Waals surface area contributed by atoms with Crippen molar-refractivity contribution in [2.24, 2.45) is 0 Å². The first kappa shape index (κ1) is 25.1. The highest BCUT2D eigenvalue weighted by Gasteiger charge is 2.14. The van der Waals surface area contributed by atoms with Gasteiger partial charge in [0.25, 0.3) is 11.6 Å². The minimum atomic E-state index is -0.162. The Morgan fingerprint density at radius 3 is 2.44 bits per heavy atom. The molecular formula is C26H28ClN3O4. The maximum absolute atomic E-state index is 12.6. The summed E-state index contributed by atoms with van der Waals surface area (Å²) in [5.74, 6) is 1.17. The quantitative estimate of drug-likeness (QED) is 0.308. The smallest absolute Gasteiger partial charge is 0.299 e. The first-order valence-electron chi connectivity index (χ1n) is 10.7. The Morgan fingerprint density at radius 1 is 1.00 bits per heavy atom. The maximum atomic E-state index is 12.6. The van der Waals surface area contributed by atoms with E-state index < -0.39 is 0 Å². The van der Waals surface area contributed by atoms with Crippen molar-refractivity contribution in [3.8, 4) is 28.2 Å². The molecule has 0 atom stereocenters. The normalized spacial score (nSPS) is 10.6. The summed E-state index contributed by atoms with van der Waals surface area (Å²) in [7, 11) is 1.62. The molecule has 0 spiro atoms. The molecule has 0 bridgehead atoms. The van der Waals surface area contributed by atoms with Crippen LogP contribution in [0.4, 0.5) is 11.7 Å². The number of hydrogen-bond acceptors (Lipinski definition) is 6. The maximum Gasteiger partial charge on any atom is 0.299 e. The molecule has 34 heavy (non-hydrogen) atoms. The molecule has 2 heterocycles. The van der Waals surface area contributed by atoms with Crippen LogP contribution in [0.25, 0.3) is 22.5 Å². The molecule has 0 radical (unpaired) electrons. The van der Waals surface area contributed by atoms with Gasteiger partial charge in [-0.15, -0.1) is 12.4 Å². The highest BCUT2D eigenvalue weighted by molar-refractivity contribution is 5.85. The number of oxazole rings is 1. The second-order valence-electron chi connectivity index (χ2n) is 7.98. The summed E-state index contributed by atoms with van der Waals surface area (Å²) >= 11 is 0. The number of nitrogens with zero attached hydrogens (tertiary/aromatic N) is 1. The van der Waals surface area contributed by atoms with Gasteiger partial charge in [-0.2, -0.15) is 0 Å². The van der Waals surface area contributed by atoms with Gasteiger partial charge in [-0.05, 0) is 79.4 Å². The van der Waals surface area contributed by atoms with E-state index in [4.69, 9.17) is 13.9 Å². The number of aryl methyl sites for hydroxylation is 3. The van der Waals surface area contributed by atoms with Gasteiger partial charge in [-0.1, -0.05) is 6.07 Å². The lowest BCUT2D eigenvalue weighted by atomic mass is 9.99. The first-order chi connectivity index (χ1) is 15.9. The van der Waals surface area contributed by atoms with E-state index >= 15 is 0 Å². The molecule has 2 aromatic heterocycles. The monoisotopic (exact) mass is 481 g/mol. The predicted octanol–water partition coefficient (Wildman–Crippen LogP) is 5.81. The number of ether oxygens (including phenoxy) is 2. The van der Waals surface area contributed by atoms with E-state index in [-0.39, 0.29) is 18.0 Å². The van der Waals surface area contributed by atoms with Gasteiger partial charge in [0, 0.05) is 24.6 Å². The Kier molecular flexibility index (Phi) is 8.15. The minimum Gasteiger partial charge on any atom is -0.491 e. The van der Waals surface area contributed by atoms with Crippen molar-refractivity contribution >= 4 is 24.1 Å². The fraction of sp³-hybridized carbons (Fsp3) is 0.231. The van der Waals surface area contributed by atoms with Gasteiger partial charge in [-0.25, -0.2) is 4.98 Å². The van der Waals surface area contributed by atoms with Crippen molar-refractivity contribution in [3.05, 3.63) is 81.9 Å². The molecule has 0 unspecified atom stereocenters. The topological polar surface area (TPSA) is 89.4 Å². The van der Waals surface area contributed by atoms with Crippen LogP contribution in [0, 0.1) is 20.8 Å². The zero-order valence-corrected chi connectivity index (χ0v) is 20.4. The predicted molar refractivity (Wildman–Crippen MR) is 137 cm³/mol. The van der Waals surface area contributed by atoms with Gasteiger partial charge in [0.05, 0.1) is 18.4 Å². The lowest BCUT2D eigenvalue weighted by Gasteiger charge is -2.11. The Labute approximate surface area is 204 Å². The van der Waals surface area contributed by atoms with Crippen LogP contribution in [-0.2, 0) is 4.74 Å². The molecule has 4 aromatic rings. The van der Waals surface area contributed by atoms with Gasteiger partial charge in [0.15, 0.2) is 5.76 Å². The van der Waals surface area contributed by atoms with Crippen LogP contribution in [-0.4, -0.2) is 30.3 Å². The van der Waals surface area contributed by atoms with Crippen molar-refractivity contribution in [3.63, 3.8) is 0 Å². The van der Waals surface area contributed by atoms with Gasteiger partial charge < -0.3 is 24.2 Å². The number of pyridine rings is 1. The summed E-state index contributed by atoms with van der Waals surface area (Å²) in [6.45, 7) is 6.84. The van der Waals surface area contributed by atoms with Crippen molar-refractivity contribution in [1.29, 1.82) is 0 Å². The number of aromatic nitrogens is 2. The molecular weight excluding hydrogens is 454 g/mol. The molecule has 0 saturated heterocycles. The summed E-state index contributed by atoms with van der Waals surface area (Å²) in [4.78, 5) is 19.7. The summed E-state index contributed by atoms with van der Waals surface area (Å²) in [5.41, 5.74) is 5.99. The van der Waals surface area contributed by atoms with Crippen LogP contribution in [0.15, 0.2) is 64.1 Å². The fourth-order valence-electron chi connectivity index (χ4n) is 3.78. The number of rotatable bonds is 8. The second kappa shape index (κ2) is 11.0. The summed E-state index contributed by atoms with van der Waals surface area (Å²) in [6.07, 6.45) is 3.30. The number of nitrogens with one attached hydrogen (secondary N) is 2. The van der Waals surface area contributed by atoms with Crippen LogP contribution in [0.5, 0.6) is 5.75 Å². The van der Waals surface area contributed by atoms with E-state index in [0.29, 0.717) is 36.3 Å². The van der Waals surface area contributed by atoms with Crippen LogP contribution >= 0.6 is 12.4 Å². The van der Waals surface area contributed by atoms with Crippen LogP contribution in [0.1, 0.15) is 16.7 Å². The van der Waals surface area contributed by atoms with Crippen LogP contribution in [0.3, 0.4) is 0 Å². The van der Waals surface area contributed by atoms with Crippen molar-refractivity contribution < 1.29 is 13.9 Å². The highest BCUT2D eigenvalue weighted by atomic mass is 35.5. The number of methoxy groups -OCH3 is 1. The number of hydrogen-bond donors (Lipinski definition) is 2. The van der Waals surface area contributed by atoms with Gasteiger partial charge in [-0.3, -0.25) is 4.79 Å². The molecule has 0 fully saturated rings. The molecule has 0 aliphatic heterocycles. The molecule has 0 saturated carbocycles. The minimum absolute atomic E-state index is 0. The SMILES string of the molecule is COCCOc1cc(-c2cnc(Nc3cc(C)cc(C)c3)o2)cc(-c2c(C)cc[nH]c2=O)c1.Cl. The third kappa shape index (κ3) is 5.87. The van der Waals surface area contributed by atoms with Gasteiger partial charge in [0.2, 0.25) is 0 Å². The van der Waals surface area contributed by atoms with Crippen molar-refractivity contribution in [2.45, 2.75) is 20.8 Å². The van der Waals surface area contributed by atoms with E-state index in [1.54, 1.807) is 19.5 Å². The average molecular weight is 482 g/mol. The van der Waals surface area contributed by atoms with Gasteiger partial charge in [0.1, 0.15) is 12.4 Å². The van der Waals surface area contributed by atoms with Crippen molar-refractivity contribution in [1.82, 2.24) is 9.97 Å². The molecule has 2 N–H and O–H groups in total. The molecule has 178 valence electrons. The molecule has 8 heteroatoms. The Balaban J connectivity index is 0.00000324. The van der Waals surface area contributed by atoms with Crippen LogP contribution < -0.4 is 15.6 Å². The lowest BCUT2D eigenvalue weighted by Crippen LogP contribution is -2.10. The van der Waals surface area contributed by atoms with E-state index in [9.17, 15) is 4.79 Å². The van der Waals surface area contributed by atoms with Crippen molar-refractivity contribution in [2.75, 3.05) is 25.6 Å².